The molecule has 130 valence electrons. The molecule has 2 heterocycles. The second kappa shape index (κ2) is 6.55. The van der Waals surface area contributed by atoms with E-state index in [-0.39, 0.29) is 12.0 Å². The van der Waals surface area contributed by atoms with E-state index in [9.17, 15) is 9.00 Å². The van der Waals surface area contributed by atoms with E-state index in [2.05, 4.69) is 9.97 Å². The highest BCUT2D eigenvalue weighted by atomic mass is 32.2. The molecule has 1 aromatic carbocycles. The monoisotopic (exact) mass is 349 g/mol. The number of likely N-dealkylation sites (tertiary alicyclic amines) is 1. The van der Waals surface area contributed by atoms with Crippen molar-refractivity contribution < 1.29 is 13.7 Å². The van der Waals surface area contributed by atoms with Crippen molar-refractivity contribution in [3.8, 4) is 0 Å². The van der Waals surface area contributed by atoms with E-state index in [4.69, 9.17) is 4.74 Å². The Balaban J connectivity index is 1.59. The van der Waals surface area contributed by atoms with Gasteiger partial charge in [0.05, 0.1) is 21.8 Å². The van der Waals surface area contributed by atoms with Gasteiger partial charge in [-0.05, 0) is 45.2 Å². The molecule has 0 aliphatic carbocycles. The van der Waals surface area contributed by atoms with Crippen molar-refractivity contribution >= 4 is 27.9 Å². The first-order valence-corrected chi connectivity index (χ1v) is 9.45. The fourth-order valence-corrected chi connectivity index (χ4v) is 4.07. The minimum atomic E-state index is -1.20. The predicted molar refractivity (Wildman–Crippen MR) is 93.3 cm³/mol. The van der Waals surface area contributed by atoms with Crippen molar-refractivity contribution in [2.75, 3.05) is 18.8 Å². The Morgan fingerprint density at radius 1 is 1.42 bits per heavy atom. The number of nitrogens with one attached hydrogen (secondary N) is 1. The van der Waals surface area contributed by atoms with Crippen LogP contribution in [0.15, 0.2) is 29.4 Å². The van der Waals surface area contributed by atoms with Crippen molar-refractivity contribution in [2.24, 2.45) is 5.92 Å². The molecule has 1 aliphatic rings. The van der Waals surface area contributed by atoms with Gasteiger partial charge in [0.2, 0.25) is 0 Å². The summed E-state index contributed by atoms with van der Waals surface area (Å²) in [5.41, 5.74) is 1.22. The van der Waals surface area contributed by atoms with Gasteiger partial charge >= 0.3 is 6.09 Å². The normalized spacial score (nSPS) is 19.6. The molecule has 7 heteroatoms. The Bertz CT molecular complexity index is 733. The number of aromatic amines is 1. The van der Waals surface area contributed by atoms with Gasteiger partial charge in [-0.1, -0.05) is 12.1 Å². The van der Waals surface area contributed by atoms with Gasteiger partial charge in [-0.2, -0.15) is 0 Å². The van der Waals surface area contributed by atoms with E-state index in [1.54, 1.807) is 4.90 Å². The van der Waals surface area contributed by atoms with Crippen LogP contribution in [0.1, 0.15) is 27.2 Å². The van der Waals surface area contributed by atoms with E-state index in [1.807, 2.05) is 45.0 Å². The molecule has 1 amide bonds. The van der Waals surface area contributed by atoms with Crippen molar-refractivity contribution in [3.05, 3.63) is 24.3 Å². The maximum absolute atomic E-state index is 12.6. The number of amides is 1. The number of hydrogen-bond acceptors (Lipinski definition) is 4. The minimum Gasteiger partial charge on any atom is -0.444 e. The minimum absolute atomic E-state index is 0.201. The van der Waals surface area contributed by atoms with Gasteiger partial charge in [-0.3, -0.25) is 4.21 Å². The molecular weight excluding hydrogens is 326 g/mol. The zero-order valence-corrected chi connectivity index (χ0v) is 15.1. The first-order valence-electron chi connectivity index (χ1n) is 8.13. The molecule has 3 rings (SSSR count). The van der Waals surface area contributed by atoms with Crippen molar-refractivity contribution in [2.45, 2.75) is 37.9 Å². The Morgan fingerprint density at radius 2 is 2.17 bits per heavy atom. The zero-order chi connectivity index (χ0) is 17.3. The van der Waals surface area contributed by atoms with Gasteiger partial charge in [0.15, 0.2) is 5.16 Å². The Morgan fingerprint density at radius 3 is 2.88 bits per heavy atom. The van der Waals surface area contributed by atoms with Crippen LogP contribution in [0, 0.1) is 5.92 Å². The van der Waals surface area contributed by atoms with Crippen LogP contribution < -0.4 is 0 Å². The van der Waals surface area contributed by atoms with Gasteiger partial charge in [-0.15, -0.1) is 0 Å². The maximum atomic E-state index is 12.6. The summed E-state index contributed by atoms with van der Waals surface area (Å²) in [6.45, 7) is 6.80. The molecule has 1 saturated heterocycles. The summed E-state index contributed by atoms with van der Waals surface area (Å²) in [7, 11) is -1.20. The predicted octanol–water partition coefficient (Wildman–Crippen LogP) is 2.93. The SMILES string of the molecule is CC(C)(C)OC(=O)N1CC[C@@H](C[S@@](=O)c2nc3ccccc3[nH]2)C1. The highest BCUT2D eigenvalue weighted by Crippen LogP contribution is 2.22. The van der Waals surface area contributed by atoms with Crippen LogP contribution in [0.2, 0.25) is 0 Å². The highest BCUT2D eigenvalue weighted by Gasteiger charge is 2.31. The molecule has 2 aromatic rings. The molecule has 1 aliphatic heterocycles. The third kappa shape index (κ3) is 3.95. The first-order chi connectivity index (χ1) is 11.3. The molecule has 24 heavy (non-hydrogen) atoms. The quantitative estimate of drug-likeness (QED) is 0.924. The van der Waals surface area contributed by atoms with Crippen LogP contribution >= 0.6 is 0 Å². The molecule has 0 unspecified atom stereocenters. The van der Waals surface area contributed by atoms with Crippen LogP contribution in [0.5, 0.6) is 0 Å². The molecule has 1 aromatic heterocycles. The highest BCUT2D eigenvalue weighted by molar-refractivity contribution is 7.84. The summed E-state index contributed by atoms with van der Waals surface area (Å²) in [4.78, 5) is 21.3. The number of para-hydroxylation sites is 2. The van der Waals surface area contributed by atoms with Gasteiger partial charge in [0, 0.05) is 18.8 Å². The number of H-pyrrole nitrogens is 1. The van der Waals surface area contributed by atoms with Gasteiger partial charge in [-0.25, -0.2) is 9.78 Å². The lowest BCUT2D eigenvalue weighted by Gasteiger charge is -2.24. The van der Waals surface area contributed by atoms with Crippen LogP contribution in [-0.4, -0.2) is 49.6 Å². The van der Waals surface area contributed by atoms with E-state index >= 15 is 0 Å². The molecular formula is C17H23N3O3S. The molecule has 2 atom stereocenters. The number of imidazole rings is 1. The molecule has 1 fully saturated rings. The number of nitrogens with zero attached hydrogens (tertiary/aromatic N) is 2. The number of aromatic nitrogens is 2. The summed E-state index contributed by atoms with van der Waals surface area (Å²) < 4.78 is 18.0. The fraction of sp³-hybridized carbons (Fsp3) is 0.529. The summed E-state index contributed by atoms with van der Waals surface area (Å²) in [5.74, 6) is 0.700. The Hall–Kier alpha value is -1.89. The third-order valence-electron chi connectivity index (χ3n) is 3.91. The van der Waals surface area contributed by atoms with Gasteiger partial charge < -0.3 is 14.6 Å². The summed E-state index contributed by atoms with van der Waals surface area (Å²) in [5, 5.41) is 0.506. The first kappa shape index (κ1) is 17.0. The summed E-state index contributed by atoms with van der Waals surface area (Å²) in [6.07, 6.45) is 0.546. The van der Waals surface area contributed by atoms with Crippen LogP contribution in [-0.2, 0) is 15.5 Å². The summed E-state index contributed by atoms with van der Waals surface area (Å²) in [6, 6.07) is 7.64. The number of benzene rings is 1. The number of carbonyl (C=O) groups excluding carboxylic acids is 1. The standard InChI is InChI=1S/C17H23N3O3S/c1-17(2,3)23-16(21)20-9-8-12(10-20)11-24(22)15-18-13-6-4-5-7-14(13)19-15/h4-7,12H,8-11H2,1-3H3,(H,18,19)/t12-,24-/m1/s1. The average molecular weight is 349 g/mol. The molecule has 0 spiro atoms. The number of carbonyl (C=O) groups is 1. The topological polar surface area (TPSA) is 75.3 Å². The third-order valence-corrected chi connectivity index (χ3v) is 5.31. The van der Waals surface area contributed by atoms with Crippen LogP contribution in [0.3, 0.4) is 0 Å². The second-order valence-electron chi connectivity index (χ2n) is 7.15. The maximum Gasteiger partial charge on any atom is 0.410 e. The summed E-state index contributed by atoms with van der Waals surface area (Å²) >= 11 is 0. The number of ether oxygens (including phenoxy) is 1. The zero-order valence-electron chi connectivity index (χ0n) is 14.2. The fourth-order valence-electron chi connectivity index (χ4n) is 2.79. The van der Waals surface area contributed by atoms with Crippen molar-refractivity contribution in [3.63, 3.8) is 0 Å². The number of rotatable bonds is 3. The van der Waals surface area contributed by atoms with E-state index in [1.165, 1.54) is 0 Å². The van der Waals surface area contributed by atoms with E-state index < -0.39 is 16.4 Å². The smallest absolute Gasteiger partial charge is 0.410 e. The lowest BCUT2D eigenvalue weighted by Crippen LogP contribution is -2.35. The second-order valence-corrected chi connectivity index (χ2v) is 8.56. The number of hydrogen-bond donors (Lipinski definition) is 1. The van der Waals surface area contributed by atoms with E-state index in [0.717, 1.165) is 17.5 Å². The Kier molecular flexibility index (Phi) is 4.62. The molecule has 1 N–H and O–H groups in total. The number of fused-ring (bicyclic) bond motifs is 1. The molecule has 0 saturated carbocycles. The molecule has 0 bridgehead atoms. The van der Waals surface area contributed by atoms with Crippen LogP contribution in [0.25, 0.3) is 11.0 Å². The van der Waals surface area contributed by atoms with Crippen molar-refractivity contribution in [1.82, 2.24) is 14.9 Å². The van der Waals surface area contributed by atoms with Gasteiger partial charge in [0.1, 0.15) is 5.60 Å². The molecule has 6 nitrogen and oxygen atoms in total. The lowest BCUT2D eigenvalue weighted by atomic mass is 10.2. The average Bonchev–Trinajstić information content (AvgIpc) is 3.11. The van der Waals surface area contributed by atoms with Gasteiger partial charge in [0.25, 0.3) is 0 Å². The van der Waals surface area contributed by atoms with E-state index in [0.29, 0.717) is 24.0 Å². The largest absolute Gasteiger partial charge is 0.444 e. The van der Waals surface area contributed by atoms with Crippen molar-refractivity contribution in [1.29, 1.82) is 0 Å². The van der Waals surface area contributed by atoms with Crippen LogP contribution in [0.4, 0.5) is 4.79 Å². The lowest BCUT2D eigenvalue weighted by molar-refractivity contribution is 0.0289. The molecule has 0 radical (unpaired) electrons. The Labute approximate surface area is 144 Å².